The molecule has 0 aliphatic heterocycles. The van der Waals surface area contributed by atoms with Gasteiger partial charge in [-0.05, 0) is 32.9 Å². The van der Waals surface area contributed by atoms with E-state index in [0.29, 0.717) is 6.54 Å². The second-order valence-corrected chi connectivity index (χ2v) is 4.71. The quantitative estimate of drug-likeness (QED) is 0.823. The third kappa shape index (κ3) is 3.81. The van der Waals surface area contributed by atoms with Gasteiger partial charge in [0.2, 0.25) is 5.91 Å². The molecule has 0 fully saturated rings. The average Bonchev–Trinajstić information content (AvgIpc) is 3.09. The van der Waals surface area contributed by atoms with Crippen LogP contribution in [0.5, 0.6) is 0 Å². The van der Waals surface area contributed by atoms with E-state index in [9.17, 15) is 4.79 Å². The van der Waals surface area contributed by atoms with Crippen molar-refractivity contribution in [3.05, 3.63) is 41.5 Å². The Hall–Kier alpha value is -2.37. The molecule has 2 heterocycles. The monoisotopic (exact) mass is 287 g/mol. The maximum absolute atomic E-state index is 11.8. The summed E-state index contributed by atoms with van der Waals surface area (Å²) in [5.41, 5.74) is 2.87. The van der Waals surface area contributed by atoms with Gasteiger partial charge < -0.3 is 5.32 Å². The van der Waals surface area contributed by atoms with Crippen LogP contribution in [0.25, 0.3) is 6.08 Å². The number of nitrogens with zero attached hydrogens (tertiary/aromatic N) is 4. The molecule has 112 valence electrons. The standard InChI is InChI=1S/C15H21N5O/c1-4-19-9-8-14(18-19)11-16-15(21)7-6-13-10-17-20(5-2)12(13)3/h6-10H,4-5,11H2,1-3H3,(H,16,21)/b7-6+. The molecule has 6 heteroatoms. The Morgan fingerprint density at radius 2 is 2.19 bits per heavy atom. The highest BCUT2D eigenvalue weighted by molar-refractivity contribution is 5.91. The molecule has 0 bridgehead atoms. The molecule has 2 rings (SSSR count). The van der Waals surface area contributed by atoms with Crippen LogP contribution in [0.15, 0.2) is 24.5 Å². The molecule has 0 saturated heterocycles. The highest BCUT2D eigenvalue weighted by Crippen LogP contribution is 2.08. The largest absolute Gasteiger partial charge is 0.347 e. The van der Waals surface area contributed by atoms with Crippen LogP contribution in [0.3, 0.4) is 0 Å². The van der Waals surface area contributed by atoms with E-state index in [-0.39, 0.29) is 5.91 Å². The zero-order chi connectivity index (χ0) is 15.2. The van der Waals surface area contributed by atoms with Crippen molar-refractivity contribution in [2.45, 2.75) is 40.4 Å². The lowest BCUT2D eigenvalue weighted by molar-refractivity contribution is -0.116. The minimum Gasteiger partial charge on any atom is -0.347 e. The van der Waals surface area contributed by atoms with Crippen LogP contribution in [-0.2, 0) is 24.4 Å². The van der Waals surface area contributed by atoms with Crippen molar-refractivity contribution in [3.8, 4) is 0 Å². The van der Waals surface area contributed by atoms with Crippen LogP contribution in [0.4, 0.5) is 0 Å². The number of hydrogen-bond donors (Lipinski definition) is 1. The number of amides is 1. The van der Waals surface area contributed by atoms with E-state index in [1.165, 1.54) is 6.08 Å². The van der Waals surface area contributed by atoms with Crippen LogP contribution in [0.1, 0.15) is 30.8 Å². The Morgan fingerprint density at radius 1 is 1.38 bits per heavy atom. The maximum atomic E-state index is 11.8. The second-order valence-electron chi connectivity index (χ2n) is 4.71. The summed E-state index contributed by atoms with van der Waals surface area (Å²) in [6.45, 7) is 8.14. The van der Waals surface area contributed by atoms with Gasteiger partial charge in [0.1, 0.15) is 0 Å². The fraction of sp³-hybridized carbons (Fsp3) is 0.400. The zero-order valence-electron chi connectivity index (χ0n) is 12.7. The molecule has 0 saturated carbocycles. The normalized spacial score (nSPS) is 11.2. The van der Waals surface area contributed by atoms with E-state index in [0.717, 1.165) is 30.0 Å². The Bertz CT molecular complexity index is 638. The third-order valence-electron chi connectivity index (χ3n) is 3.32. The Kier molecular flexibility index (Phi) is 4.92. The first kappa shape index (κ1) is 15.0. The van der Waals surface area contributed by atoms with Gasteiger partial charge in [-0.2, -0.15) is 10.2 Å². The molecule has 1 N–H and O–H groups in total. The van der Waals surface area contributed by atoms with E-state index >= 15 is 0 Å². The lowest BCUT2D eigenvalue weighted by Crippen LogP contribution is -2.20. The van der Waals surface area contributed by atoms with E-state index < -0.39 is 0 Å². The minimum atomic E-state index is -0.135. The molecule has 2 aromatic rings. The highest BCUT2D eigenvalue weighted by Gasteiger charge is 2.03. The second kappa shape index (κ2) is 6.88. The molecule has 21 heavy (non-hydrogen) atoms. The van der Waals surface area contributed by atoms with Crippen molar-refractivity contribution in [3.63, 3.8) is 0 Å². The first-order valence-electron chi connectivity index (χ1n) is 7.14. The number of carbonyl (C=O) groups excluding carboxylic acids is 1. The average molecular weight is 287 g/mol. The van der Waals surface area contributed by atoms with Crippen molar-refractivity contribution in [2.75, 3.05) is 0 Å². The van der Waals surface area contributed by atoms with E-state index in [1.807, 2.05) is 42.4 Å². The van der Waals surface area contributed by atoms with Gasteiger partial charge in [0.25, 0.3) is 0 Å². The molecule has 6 nitrogen and oxygen atoms in total. The van der Waals surface area contributed by atoms with E-state index in [1.54, 1.807) is 12.3 Å². The van der Waals surface area contributed by atoms with Crippen LogP contribution in [0.2, 0.25) is 0 Å². The topological polar surface area (TPSA) is 64.7 Å². The lowest BCUT2D eigenvalue weighted by Gasteiger charge is -2.00. The molecule has 0 aromatic carbocycles. The minimum absolute atomic E-state index is 0.135. The fourth-order valence-electron chi connectivity index (χ4n) is 2.02. The highest BCUT2D eigenvalue weighted by atomic mass is 16.1. The smallest absolute Gasteiger partial charge is 0.244 e. The van der Waals surface area contributed by atoms with Gasteiger partial charge in [0.05, 0.1) is 18.4 Å². The summed E-state index contributed by atoms with van der Waals surface area (Å²) in [7, 11) is 0. The molecule has 0 radical (unpaired) electrons. The Labute approximate surface area is 124 Å². The molecule has 0 spiro atoms. The maximum Gasteiger partial charge on any atom is 0.244 e. The molecule has 0 unspecified atom stereocenters. The SMILES string of the molecule is CCn1ccc(CNC(=O)/C=C/c2cnn(CC)c2C)n1. The van der Waals surface area contributed by atoms with Gasteiger partial charge in [0, 0.05) is 36.6 Å². The summed E-state index contributed by atoms with van der Waals surface area (Å²) < 4.78 is 3.73. The molecule has 0 atom stereocenters. The summed E-state index contributed by atoms with van der Waals surface area (Å²) in [4.78, 5) is 11.8. The van der Waals surface area contributed by atoms with Crippen LogP contribution in [0, 0.1) is 6.92 Å². The van der Waals surface area contributed by atoms with Crippen molar-refractivity contribution in [1.82, 2.24) is 24.9 Å². The molecule has 2 aromatic heterocycles. The summed E-state index contributed by atoms with van der Waals surface area (Å²) >= 11 is 0. The van der Waals surface area contributed by atoms with Gasteiger partial charge in [-0.15, -0.1) is 0 Å². The number of nitrogens with one attached hydrogen (secondary N) is 1. The van der Waals surface area contributed by atoms with Crippen molar-refractivity contribution < 1.29 is 4.79 Å². The summed E-state index contributed by atoms with van der Waals surface area (Å²) in [5, 5.41) is 11.4. The van der Waals surface area contributed by atoms with Crippen LogP contribution in [-0.4, -0.2) is 25.5 Å². The summed E-state index contributed by atoms with van der Waals surface area (Å²) in [5.74, 6) is -0.135. The molecular formula is C15H21N5O. The Balaban J connectivity index is 1.89. The Morgan fingerprint density at radius 3 is 2.81 bits per heavy atom. The third-order valence-corrected chi connectivity index (χ3v) is 3.32. The molecular weight excluding hydrogens is 266 g/mol. The first-order chi connectivity index (χ1) is 10.1. The van der Waals surface area contributed by atoms with Crippen LogP contribution >= 0.6 is 0 Å². The number of aromatic nitrogens is 4. The van der Waals surface area contributed by atoms with Gasteiger partial charge in [-0.1, -0.05) is 0 Å². The molecule has 0 aliphatic carbocycles. The van der Waals surface area contributed by atoms with Crippen molar-refractivity contribution in [2.24, 2.45) is 0 Å². The lowest BCUT2D eigenvalue weighted by atomic mass is 10.2. The number of rotatable bonds is 6. The summed E-state index contributed by atoms with van der Waals surface area (Å²) in [6.07, 6.45) is 6.99. The predicted octanol–water partition coefficient (Wildman–Crippen LogP) is 1.76. The van der Waals surface area contributed by atoms with Gasteiger partial charge >= 0.3 is 0 Å². The van der Waals surface area contributed by atoms with E-state index in [4.69, 9.17) is 0 Å². The zero-order valence-corrected chi connectivity index (χ0v) is 12.7. The predicted molar refractivity (Wildman–Crippen MR) is 81.4 cm³/mol. The van der Waals surface area contributed by atoms with Gasteiger partial charge in [-0.25, -0.2) is 0 Å². The van der Waals surface area contributed by atoms with E-state index in [2.05, 4.69) is 15.5 Å². The summed E-state index contributed by atoms with van der Waals surface area (Å²) in [6, 6.07) is 1.91. The fourth-order valence-corrected chi connectivity index (χ4v) is 2.02. The number of hydrogen-bond acceptors (Lipinski definition) is 3. The molecule has 0 aliphatic rings. The van der Waals surface area contributed by atoms with Gasteiger partial charge in [0.15, 0.2) is 0 Å². The van der Waals surface area contributed by atoms with Crippen LogP contribution < -0.4 is 5.32 Å². The first-order valence-corrected chi connectivity index (χ1v) is 7.14. The number of aryl methyl sites for hydroxylation is 2. The number of carbonyl (C=O) groups is 1. The van der Waals surface area contributed by atoms with Crippen molar-refractivity contribution >= 4 is 12.0 Å². The van der Waals surface area contributed by atoms with Crippen molar-refractivity contribution in [1.29, 1.82) is 0 Å². The van der Waals surface area contributed by atoms with Gasteiger partial charge in [-0.3, -0.25) is 14.2 Å². The molecule has 1 amide bonds.